The molecular formula is C21H20FN3O3S. The molecule has 0 N–H and O–H groups in total. The van der Waals surface area contributed by atoms with Gasteiger partial charge in [0.2, 0.25) is 5.91 Å². The van der Waals surface area contributed by atoms with E-state index < -0.39 is 5.25 Å². The molecule has 1 aliphatic heterocycles. The van der Waals surface area contributed by atoms with E-state index in [-0.39, 0.29) is 24.2 Å². The van der Waals surface area contributed by atoms with Gasteiger partial charge in [0.25, 0.3) is 11.1 Å². The van der Waals surface area contributed by atoms with Crippen molar-refractivity contribution in [3.05, 3.63) is 71.9 Å². The van der Waals surface area contributed by atoms with Crippen molar-refractivity contribution in [1.29, 1.82) is 0 Å². The first-order chi connectivity index (χ1) is 14.2. The van der Waals surface area contributed by atoms with Crippen LogP contribution in [0.2, 0.25) is 0 Å². The Kier molecular flexibility index (Phi) is 6.09. The van der Waals surface area contributed by atoms with Crippen LogP contribution in [0.5, 0.6) is 5.75 Å². The number of carbonyl (C=O) groups excluding carboxylic acids is 1. The maximum absolute atomic E-state index is 13.1. The highest BCUT2D eigenvalue weighted by atomic mass is 32.2. The van der Waals surface area contributed by atoms with Gasteiger partial charge in [0.15, 0.2) is 6.61 Å². The van der Waals surface area contributed by atoms with Gasteiger partial charge in [-0.3, -0.25) is 4.79 Å². The summed E-state index contributed by atoms with van der Waals surface area (Å²) in [7, 11) is 0. The van der Waals surface area contributed by atoms with E-state index in [1.807, 2.05) is 35.2 Å². The summed E-state index contributed by atoms with van der Waals surface area (Å²) in [5.41, 5.74) is 0.900. The molecule has 0 radical (unpaired) electrons. The van der Waals surface area contributed by atoms with Gasteiger partial charge in [0.1, 0.15) is 16.8 Å². The Hall–Kier alpha value is -2.87. The van der Waals surface area contributed by atoms with Gasteiger partial charge in [-0.15, -0.1) is 10.2 Å². The first-order valence-corrected chi connectivity index (χ1v) is 10.3. The first-order valence-electron chi connectivity index (χ1n) is 9.40. The fourth-order valence-corrected chi connectivity index (χ4v) is 4.09. The molecule has 29 heavy (non-hydrogen) atoms. The Morgan fingerprint density at radius 3 is 2.55 bits per heavy atom. The quantitative estimate of drug-likeness (QED) is 0.540. The second kappa shape index (κ2) is 9.09. The normalized spacial score (nSPS) is 14.7. The molecule has 1 aliphatic rings. The molecule has 1 fully saturated rings. The van der Waals surface area contributed by atoms with Crippen LogP contribution in [0.1, 0.15) is 29.5 Å². The van der Waals surface area contributed by atoms with Crippen LogP contribution in [0.3, 0.4) is 0 Å². The lowest BCUT2D eigenvalue weighted by atomic mass is 10.1. The number of thioether (sulfide) groups is 1. The Morgan fingerprint density at radius 1 is 1.10 bits per heavy atom. The molecule has 4 rings (SSSR count). The van der Waals surface area contributed by atoms with E-state index >= 15 is 0 Å². The van der Waals surface area contributed by atoms with E-state index in [2.05, 4.69) is 10.2 Å². The van der Waals surface area contributed by atoms with Crippen LogP contribution in [-0.2, 0) is 11.4 Å². The van der Waals surface area contributed by atoms with Crippen LogP contribution in [0.4, 0.5) is 4.39 Å². The largest absolute Gasteiger partial charge is 0.484 e. The molecule has 2 aromatic carbocycles. The minimum absolute atomic E-state index is 0.0565. The molecule has 1 unspecified atom stereocenters. The van der Waals surface area contributed by atoms with Gasteiger partial charge in [0, 0.05) is 13.1 Å². The number of rotatable bonds is 7. The zero-order valence-electron chi connectivity index (χ0n) is 15.7. The predicted octanol–water partition coefficient (Wildman–Crippen LogP) is 4.24. The van der Waals surface area contributed by atoms with Gasteiger partial charge in [-0.25, -0.2) is 4.39 Å². The van der Waals surface area contributed by atoms with Crippen molar-refractivity contribution < 1.29 is 18.3 Å². The van der Waals surface area contributed by atoms with Gasteiger partial charge < -0.3 is 14.1 Å². The summed E-state index contributed by atoms with van der Waals surface area (Å²) in [6.45, 7) is 1.63. The monoisotopic (exact) mass is 413 g/mol. The zero-order chi connectivity index (χ0) is 20.1. The molecule has 8 heteroatoms. The van der Waals surface area contributed by atoms with Crippen molar-refractivity contribution in [2.75, 3.05) is 13.1 Å². The summed E-state index contributed by atoms with van der Waals surface area (Å²) in [5.74, 6) is 0.520. The van der Waals surface area contributed by atoms with Gasteiger partial charge in [-0.2, -0.15) is 0 Å². The van der Waals surface area contributed by atoms with Gasteiger partial charge in [-0.1, -0.05) is 30.3 Å². The number of hydrogen-bond acceptors (Lipinski definition) is 6. The van der Waals surface area contributed by atoms with Crippen molar-refractivity contribution in [2.45, 2.75) is 29.9 Å². The molecule has 3 aromatic rings. The molecule has 1 aromatic heterocycles. The maximum Gasteiger partial charge on any atom is 0.277 e. The van der Waals surface area contributed by atoms with Crippen LogP contribution in [0.25, 0.3) is 0 Å². The van der Waals surface area contributed by atoms with Crippen LogP contribution in [0.15, 0.2) is 64.2 Å². The fourth-order valence-electron chi connectivity index (χ4n) is 3.11. The zero-order valence-corrected chi connectivity index (χ0v) is 16.5. The van der Waals surface area contributed by atoms with E-state index in [4.69, 9.17) is 9.15 Å². The Labute approximate surface area is 172 Å². The van der Waals surface area contributed by atoms with Crippen molar-refractivity contribution in [3.8, 4) is 5.75 Å². The van der Waals surface area contributed by atoms with Crippen molar-refractivity contribution in [1.82, 2.24) is 15.1 Å². The van der Waals surface area contributed by atoms with Gasteiger partial charge in [0.05, 0.1) is 0 Å². The number of aromatic nitrogens is 2. The third-order valence-corrected chi connectivity index (χ3v) is 5.66. The molecule has 0 aliphatic carbocycles. The molecule has 150 valence electrons. The van der Waals surface area contributed by atoms with Crippen molar-refractivity contribution in [3.63, 3.8) is 0 Å². The summed E-state index contributed by atoms with van der Waals surface area (Å²) in [6.07, 6.45) is 2.06. The van der Waals surface area contributed by atoms with Crippen LogP contribution < -0.4 is 4.74 Å². The third-order valence-electron chi connectivity index (χ3n) is 4.59. The predicted molar refractivity (Wildman–Crippen MR) is 106 cm³/mol. The van der Waals surface area contributed by atoms with Crippen LogP contribution in [0, 0.1) is 5.82 Å². The second-order valence-electron chi connectivity index (χ2n) is 6.65. The molecular weight excluding hydrogens is 393 g/mol. The number of benzene rings is 2. The molecule has 0 spiro atoms. The fraction of sp³-hybridized carbons (Fsp3) is 0.286. The summed E-state index contributed by atoms with van der Waals surface area (Å²) in [4.78, 5) is 14.9. The molecule has 1 atom stereocenters. The molecule has 1 amide bonds. The molecule has 0 saturated carbocycles. The summed E-state index contributed by atoms with van der Waals surface area (Å²) in [5, 5.41) is 7.91. The van der Waals surface area contributed by atoms with Crippen LogP contribution >= 0.6 is 11.8 Å². The lowest BCUT2D eigenvalue weighted by Gasteiger charge is -2.22. The third kappa shape index (κ3) is 4.95. The lowest BCUT2D eigenvalue weighted by Crippen LogP contribution is -2.31. The Morgan fingerprint density at radius 2 is 1.83 bits per heavy atom. The van der Waals surface area contributed by atoms with E-state index in [1.54, 1.807) is 0 Å². The topological polar surface area (TPSA) is 68.5 Å². The standard InChI is InChI=1S/C21H20FN3O3S/c22-16-8-10-17(11-9-16)27-14-18-23-24-21(28-18)29-19(15-6-2-1-3-7-15)20(26)25-12-4-5-13-25/h1-3,6-11,19H,4-5,12-14H2. The van der Waals surface area contributed by atoms with Gasteiger partial charge >= 0.3 is 0 Å². The Balaban J connectivity index is 1.45. The molecule has 6 nitrogen and oxygen atoms in total. The van der Waals surface area contributed by atoms with E-state index in [9.17, 15) is 9.18 Å². The smallest absolute Gasteiger partial charge is 0.277 e. The number of likely N-dealkylation sites (tertiary alicyclic amines) is 1. The maximum atomic E-state index is 13.1. The lowest BCUT2D eigenvalue weighted by molar-refractivity contribution is -0.129. The highest BCUT2D eigenvalue weighted by Gasteiger charge is 2.30. The average Bonchev–Trinajstić information content (AvgIpc) is 3.44. The summed E-state index contributed by atoms with van der Waals surface area (Å²) >= 11 is 1.24. The average molecular weight is 413 g/mol. The molecule has 2 heterocycles. The van der Waals surface area contributed by atoms with Crippen molar-refractivity contribution >= 4 is 17.7 Å². The van der Waals surface area contributed by atoms with E-state index in [1.165, 1.54) is 36.0 Å². The number of halogens is 1. The Bertz CT molecular complexity index is 943. The van der Waals surface area contributed by atoms with E-state index in [0.717, 1.165) is 31.5 Å². The summed E-state index contributed by atoms with van der Waals surface area (Å²) < 4.78 is 24.2. The van der Waals surface area contributed by atoms with E-state index in [0.29, 0.717) is 11.0 Å². The second-order valence-corrected chi connectivity index (χ2v) is 7.70. The minimum Gasteiger partial charge on any atom is -0.484 e. The highest BCUT2D eigenvalue weighted by Crippen LogP contribution is 2.36. The van der Waals surface area contributed by atoms with Crippen molar-refractivity contribution in [2.24, 2.45) is 0 Å². The van der Waals surface area contributed by atoms with Gasteiger partial charge in [-0.05, 0) is 54.4 Å². The number of amides is 1. The number of nitrogens with zero attached hydrogens (tertiary/aromatic N) is 3. The molecule has 0 bridgehead atoms. The minimum atomic E-state index is -0.444. The highest BCUT2D eigenvalue weighted by molar-refractivity contribution is 8.00. The van der Waals surface area contributed by atoms with Crippen LogP contribution in [-0.4, -0.2) is 34.1 Å². The molecule has 1 saturated heterocycles. The number of ether oxygens (including phenoxy) is 1. The SMILES string of the molecule is O=C(C(Sc1nnc(COc2ccc(F)cc2)o1)c1ccccc1)N1CCCC1. The number of hydrogen-bond donors (Lipinski definition) is 0. The number of carbonyl (C=O) groups is 1. The summed E-state index contributed by atoms with van der Waals surface area (Å²) in [6, 6.07) is 15.3. The first kappa shape index (κ1) is 19.4.